The van der Waals surface area contributed by atoms with Crippen molar-refractivity contribution >= 4 is 17.3 Å². The summed E-state index contributed by atoms with van der Waals surface area (Å²) in [5.41, 5.74) is 1.54. The fourth-order valence-corrected chi connectivity index (χ4v) is 2.87. The average molecular weight is 328 g/mol. The summed E-state index contributed by atoms with van der Waals surface area (Å²) in [5, 5.41) is 13.3. The molecule has 1 amide bonds. The van der Waals surface area contributed by atoms with Crippen LogP contribution in [0.1, 0.15) is 23.5 Å². The van der Waals surface area contributed by atoms with E-state index in [1.165, 1.54) is 22.8 Å². The van der Waals surface area contributed by atoms with Gasteiger partial charge in [-0.05, 0) is 32.3 Å². The molecule has 0 fully saturated rings. The molecule has 0 saturated heterocycles. The number of fused-ring (bicyclic) bond motifs is 1. The number of nitro benzene ring substituents is 1. The van der Waals surface area contributed by atoms with Crippen molar-refractivity contribution in [2.75, 3.05) is 5.32 Å². The van der Waals surface area contributed by atoms with Crippen LogP contribution in [0, 0.1) is 17.0 Å². The maximum Gasteiger partial charge on any atom is 0.271 e. The van der Waals surface area contributed by atoms with E-state index in [-0.39, 0.29) is 17.8 Å². The molecule has 3 rings (SSSR count). The van der Waals surface area contributed by atoms with Crippen LogP contribution in [0.25, 0.3) is 0 Å². The molecular weight excluding hydrogens is 312 g/mol. The number of benzene rings is 1. The van der Waals surface area contributed by atoms with Gasteiger partial charge in [0.15, 0.2) is 0 Å². The normalized spacial score (nSPS) is 12.7. The molecule has 1 heterocycles. The number of anilines is 1. The predicted octanol–water partition coefficient (Wildman–Crippen LogP) is 1.59. The van der Waals surface area contributed by atoms with E-state index in [4.69, 9.17) is 0 Å². The largest absolute Gasteiger partial charge is 0.324 e. The molecule has 0 atom stereocenters. The molecule has 24 heavy (non-hydrogen) atoms. The summed E-state index contributed by atoms with van der Waals surface area (Å²) >= 11 is 0. The molecule has 1 aliphatic rings. The molecule has 0 unspecified atom stereocenters. The molecule has 1 aromatic heterocycles. The van der Waals surface area contributed by atoms with E-state index in [0.29, 0.717) is 23.5 Å². The molecule has 8 heteroatoms. The number of nitrogens with zero attached hydrogens (tertiary/aromatic N) is 3. The molecule has 0 aliphatic heterocycles. The molecule has 0 radical (unpaired) electrons. The Morgan fingerprint density at radius 3 is 2.96 bits per heavy atom. The Hall–Kier alpha value is -3.03. The van der Waals surface area contributed by atoms with Crippen molar-refractivity contribution in [3.05, 3.63) is 61.8 Å². The van der Waals surface area contributed by atoms with Crippen molar-refractivity contribution in [1.82, 2.24) is 9.55 Å². The third-order valence-corrected chi connectivity index (χ3v) is 4.02. The Morgan fingerprint density at radius 1 is 1.42 bits per heavy atom. The molecule has 0 bridgehead atoms. The van der Waals surface area contributed by atoms with Crippen LogP contribution in [0.2, 0.25) is 0 Å². The molecule has 0 spiro atoms. The lowest BCUT2D eigenvalue weighted by Crippen LogP contribution is -2.32. The fourth-order valence-electron chi connectivity index (χ4n) is 2.87. The van der Waals surface area contributed by atoms with Crippen molar-refractivity contribution < 1.29 is 9.72 Å². The monoisotopic (exact) mass is 328 g/mol. The second-order valence-electron chi connectivity index (χ2n) is 5.68. The third-order valence-electron chi connectivity index (χ3n) is 4.02. The summed E-state index contributed by atoms with van der Waals surface area (Å²) in [4.78, 5) is 39.3. The number of carbonyl (C=O) groups is 1. The lowest BCUT2D eigenvalue weighted by atomic mass is 10.2. The molecule has 2 aromatic rings. The van der Waals surface area contributed by atoms with Gasteiger partial charge in [0.1, 0.15) is 12.4 Å². The Kier molecular flexibility index (Phi) is 4.11. The van der Waals surface area contributed by atoms with Gasteiger partial charge in [0.2, 0.25) is 5.91 Å². The minimum Gasteiger partial charge on any atom is -0.324 e. The van der Waals surface area contributed by atoms with Crippen molar-refractivity contribution in [3.63, 3.8) is 0 Å². The summed E-state index contributed by atoms with van der Waals surface area (Å²) in [6.07, 6.45) is 2.39. The lowest BCUT2D eigenvalue weighted by molar-refractivity contribution is -0.384. The van der Waals surface area contributed by atoms with Gasteiger partial charge in [0.05, 0.1) is 10.6 Å². The van der Waals surface area contributed by atoms with Crippen molar-refractivity contribution in [3.8, 4) is 0 Å². The Labute approximate surface area is 137 Å². The number of carbonyl (C=O) groups excluding carboxylic acids is 1. The first-order chi connectivity index (χ1) is 11.5. The molecule has 1 aromatic carbocycles. The number of amides is 1. The van der Waals surface area contributed by atoms with E-state index in [9.17, 15) is 19.7 Å². The van der Waals surface area contributed by atoms with Crippen molar-refractivity contribution in [1.29, 1.82) is 0 Å². The number of non-ortho nitro benzene ring substituents is 1. The smallest absolute Gasteiger partial charge is 0.271 e. The second-order valence-corrected chi connectivity index (χ2v) is 5.68. The zero-order valence-corrected chi connectivity index (χ0v) is 13.1. The van der Waals surface area contributed by atoms with Crippen molar-refractivity contribution in [2.24, 2.45) is 0 Å². The van der Waals surface area contributed by atoms with Crippen LogP contribution in [-0.2, 0) is 24.2 Å². The maximum absolute atomic E-state index is 12.5. The third kappa shape index (κ3) is 3.03. The Balaban J connectivity index is 1.80. The van der Waals surface area contributed by atoms with Gasteiger partial charge in [-0.15, -0.1) is 0 Å². The van der Waals surface area contributed by atoms with Gasteiger partial charge < -0.3 is 5.32 Å². The standard InChI is InChI=1S/C16H16N4O4/c1-10-17-14-7-3-6-13(14)16(22)19(10)9-15(21)18-11-4-2-5-12(8-11)20(23)24/h2,4-5,8H,3,6-7,9H2,1H3,(H,18,21). The summed E-state index contributed by atoms with van der Waals surface area (Å²) in [6, 6.07) is 5.66. The van der Waals surface area contributed by atoms with Gasteiger partial charge in [-0.1, -0.05) is 6.07 Å². The van der Waals surface area contributed by atoms with Gasteiger partial charge in [-0.2, -0.15) is 0 Å². The first-order valence-electron chi connectivity index (χ1n) is 7.59. The number of hydrogen-bond donors (Lipinski definition) is 1. The molecule has 8 nitrogen and oxygen atoms in total. The molecule has 1 aliphatic carbocycles. The van der Waals surface area contributed by atoms with E-state index in [0.717, 1.165) is 18.5 Å². The number of nitrogens with one attached hydrogen (secondary N) is 1. The first-order valence-corrected chi connectivity index (χ1v) is 7.59. The minimum absolute atomic E-state index is 0.111. The minimum atomic E-state index is -0.533. The van der Waals surface area contributed by atoms with E-state index in [2.05, 4.69) is 10.3 Å². The second kappa shape index (κ2) is 6.23. The van der Waals surface area contributed by atoms with Crippen LogP contribution >= 0.6 is 0 Å². The Morgan fingerprint density at radius 2 is 2.21 bits per heavy atom. The summed E-state index contributed by atoms with van der Waals surface area (Å²) < 4.78 is 1.34. The number of hydrogen-bond acceptors (Lipinski definition) is 5. The molecule has 124 valence electrons. The summed E-state index contributed by atoms with van der Waals surface area (Å²) in [5.74, 6) is 0.0651. The number of nitro groups is 1. The highest BCUT2D eigenvalue weighted by atomic mass is 16.6. The fraction of sp³-hybridized carbons (Fsp3) is 0.312. The highest BCUT2D eigenvalue weighted by molar-refractivity contribution is 5.90. The summed E-state index contributed by atoms with van der Waals surface area (Å²) in [7, 11) is 0. The molecular formula is C16H16N4O4. The van der Waals surface area contributed by atoms with Crippen LogP contribution in [0.15, 0.2) is 29.1 Å². The molecule has 1 N–H and O–H groups in total. The predicted molar refractivity (Wildman–Crippen MR) is 87.0 cm³/mol. The average Bonchev–Trinajstić information content (AvgIpc) is 3.00. The van der Waals surface area contributed by atoms with E-state index >= 15 is 0 Å². The highest BCUT2D eigenvalue weighted by Crippen LogP contribution is 2.18. The first kappa shape index (κ1) is 15.9. The van der Waals surface area contributed by atoms with Gasteiger partial charge >= 0.3 is 0 Å². The number of aromatic nitrogens is 2. The van der Waals surface area contributed by atoms with Crippen LogP contribution < -0.4 is 10.9 Å². The van der Waals surface area contributed by atoms with Gasteiger partial charge in [-0.3, -0.25) is 24.3 Å². The van der Waals surface area contributed by atoms with Crippen LogP contribution in [0.5, 0.6) is 0 Å². The van der Waals surface area contributed by atoms with E-state index < -0.39 is 10.8 Å². The molecule has 0 saturated carbocycles. The number of rotatable bonds is 4. The highest BCUT2D eigenvalue weighted by Gasteiger charge is 2.20. The van der Waals surface area contributed by atoms with Crippen LogP contribution in [0.3, 0.4) is 0 Å². The van der Waals surface area contributed by atoms with Crippen LogP contribution in [0.4, 0.5) is 11.4 Å². The van der Waals surface area contributed by atoms with E-state index in [1.54, 1.807) is 13.0 Å². The van der Waals surface area contributed by atoms with Gasteiger partial charge in [0, 0.05) is 23.4 Å². The SMILES string of the molecule is Cc1nc2c(c(=O)n1CC(=O)Nc1cccc([N+](=O)[O-])c1)CCC2. The zero-order chi connectivity index (χ0) is 17.3. The zero-order valence-electron chi connectivity index (χ0n) is 13.1. The van der Waals surface area contributed by atoms with Gasteiger partial charge in [0.25, 0.3) is 11.2 Å². The number of aryl methyl sites for hydroxylation is 2. The maximum atomic E-state index is 12.5. The quantitative estimate of drug-likeness (QED) is 0.677. The Bertz CT molecular complexity index is 888. The lowest BCUT2D eigenvalue weighted by Gasteiger charge is -2.12. The topological polar surface area (TPSA) is 107 Å². The van der Waals surface area contributed by atoms with Gasteiger partial charge in [-0.25, -0.2) is 4.98 Å². The van der Waals surface area contributed by atoms with E-state index in [1.807, 2.05) is 0 Å². The summed E-state index contributed by atoms with van der Waals surface area (Å²) in [6.45, 7) is 1.52. The van der Waals surface area contributed by atoms with Crippen LogP contribution in [-0.4, -0.2) is 20.4 Å². The van der Waals surface area contributed by atoms with Crippen molar-refractivity contribution in [2.45, 2.75) is 32.7 Å².